The van der Waals surface area contributed by atoms with Gasteiger partial charge in [-0.2, -0.15) is 5.26 Å². The molecule has 1 aliphatic carbocycles. The molecule has 2 rings (SSSR count). The number of benzene rings is 1. The van der Waals surface area contributed by atoms with E-state index in [0.717, 1.165) is 24.0 Å². The number of carbonyl (C=O) groups excluding carboxylic acids is 1. The fourth-order valence-corrected chi connectivity index (χ4v) is 2.13. The van der Waals surface area contributed by atoms with Crippen LogP contribution in [-0.2, 0) is 16.0 Å². The molecule has 0 heterocycles. The molecule has 86 valence electrons. The maximum absolute atomic E-state index is 11.7. The van der Waals surface area contributed by atoms with Crippen LogP contribution in [0.3, 0.4) is 0 Å². The van der Waals surface area contributed by atoms with Crippen LogP contribution >= 0.6 is 0 Å². The Bertz CT molecular complexity index is 523. The summed E-state index contributed by atoms with van der Waals surface area (Å²) in [7, 11) is 0. The molecule has 1 aromatic carbocycles. The zero-order valence-corrected chi connectivity index (χ0v) is 9.69. The zero-order chi connectivity index (χ0) is 12.3. The molecule has 0 saturated carbocycles. The highest BCUT2D eigenvalue weighted by atomic mass is 16.5. The molecule has 0 aromatic heterocycles. The number of rotatable bonds is 2. The third-order valence-corrected chi connectivity index (χ3v) is 2.88. The fraction of sp³-hybridized carbons (Fsp3) is 0.286. The van der Waals surface area contributed by atoms with Crippen LogP contribution in [0.5, 0.6) is 0 Å². The number of carbonyl (C=O) groups is 1. The molecule has 0 unspecified atom stereocenters. The number of allylic oxidation sites excluding steroid dienone is 1. The summed E-state index contributed by atoms with van der Waals surface area (Å²) in [5, 5.41) is 9.10. The van der Waals surface area contributed by atoms with E-state index in [4.69, 9.17) is 10.00 Å². The van der Waals surface area contributed by atoms with E-state index in [2.05, 4.69) is 0 Å². The van der Waals surface area contributed by atoms with E-state index >= 15 is 0 Å². The first-order valence-corrected chi connectivity index (χ1v) is 5.66. The Labute approximate surface area is 100 Å². The summed E-state index contributed by atoms with van der Waals surface area (Å²) in [6, 6.07) is 9.85. The van der Waals surface area contributed by atoms with Crippen LogP contribution < -0.4 is 0 Å². The van der Waals surface area contributed by atoms with Gasteiger partial charge < -0.3 is 4.74 Å². The van der Waals surface area contributed by atoms with Gasteiger partial charge in [0.05, 0.1) is 6.61 Å². The van der Waals surface area contributed by atoms with Gasteiger partial charge in [-0.15, -0.1) is 0 Å². The van der Waals surface area contributed by atoms with Crippen molar-refractivity contribution in [2.24, 2.45) is 0 Å². The van der Waals surface area contributed by atoms with Crippen LogP contribution in [-0.4, -0.2) is 12.6 Å². The Morgan fingerprint density at radius 1 is 1.41 bits per heavy atom. The monoisotopic (exact) mass is 227 g/mol. The molecule has 0 atom stereocenters. The number of nitriles is 1. The maximum atomic E-state index is 11.7. The summed E-state index contributed by atoms with van der Waals surface area (Å²) in [6.45, 7) is 2.03. The summed E-state index contributed by atoms with van der Waals surface area (Å²) in [4.78, 5) is 11.7. The van der Waals surface area contributed by atoms with E-state index in [1.165, 1.54) is 5.56 Å². The molecule has 17 heavy (non-hydrogen) atoms. The minimum absolute atomic E-state index is 0.150. The average Bonchev–Trinajstić information content (AvgIpc) is 2.75. The molecule has 0 spiro atoms. The Hall–Kier alpha value is -2.08. The second-order valence-corrected chi connectivity index (χ2v) is 3.84. The molecule has 0 saturated heterocycles. The zero-order valence-electron chi connectivity index (χ0n) is 9.69. The number of hydrogen-bond acceptors (Lipinski definition) is 3. The lowest BCUT2D eigenvalue weighted by Crippen LogP contribution is -2.08. The molecule has 3 heteroatoms. The number of esters is 1. The molecule has 0 bridgehead atoms. The van der Waals surface area contributed by atoms with Crippen molar-refractivity contribution >= 4 is 11.5 Å². The van der Waals surface area contributed by atoms with Gasteiger partial charge >= 0.3 is 5.97 Å². The van der Waals surface area contributed by atoms with Crippen LogP contribution in [0, 0.1) is 11.3 Å². The van der Waals surface area contributed by atoms with Gasteiger partial charge in [-0.25, -0.2) is 4.79 Å². The number of hydrogen-bond donors (Lipinski definition) is 0. The normalized spacial score (nSPS) is 16.0. The van der Waals surface area contributed by atoms with Crippen molar-refractivity contribution in [3.63, 3.8) is 0 Å². The first-order valence-electron chi connectivity index (χ1n) is 5.66. The second kappa shape index (κ2) is 4.84. The predicted molar refractivity (Wildman–Crippen MR) is 63.9 cm³/mol. The molecule has 0 aliphatic heterocycles. The second-order valence-electron chi connectivity index (χ2n) is 3.84. The smallest absolute Gasteiger partial charge is 0.349 e. The van der Waals surface area contributed by atoms with Gasteiger partial charge in [-0.1, -0.05) is 24.3 Å². The summed E-state index contributed by atoms with van der Waals surface area (Å²) >= 11 is 0. The third kappa shape index (κ3) is 2.07. The largest absolute Gasteiger partial charge is 0.462 e. The van der Waals surface area contributed by atoms with E-state index in [1.54, 1.807) is 6.92 Å². The molecule has 0 fully saturated rings. The van der Waals surface area contributed by atoms with Crippen molar-refractivity contribution in [2.45, 2.75) is 19.8 Å². The molecular weight excluding hydrogens is 214 g/mol. The number of ether oxygens (including phenoxy) is 1. The van der Waals surface area contributed by atoms with Gasteiger partial charge in [0.15, 0.2) is 0 Å². The summed E-state index contributed by atoms with van der Waals surface area (Å²) in [6.07, 6.45) is 1.62. The Morgan fingerprint density at radius 3 is 2.88 bits per heavy atom. The van der Waals surface area contributed by atoms with Crippen molar-refractivity contribution in [1.29, 1.82) is 5.26 Å². The lowest BCUT2D eigenvalue weighted by atomic mass is 10.0. The molecular formula is C14H13NO2. The van der Waals surface area contributed by atoms with E-state index in [-0.39, 0.29) is 5.57 Å². The highest BCUT2D eigenvalue weighted by molar-refractivity contribution is 6.02. The van der Waals surface area contributed by atoms with Gasteiger partial charge in [0.2, 0.25) is 0 Å². The number of fused-ring (bicyclic) bond motifs is 1. The van der Waals surface area contributed by atoms with E-state index in [0.29, 0.717) is 6.61 Å². The quantitative estimate of drug-likeness (QED) is 0.443. The minimum Gasteiger partial charge on any atom is -0.462 e. The van der Waals surface area contributed by atoms with Gasteiger partial charge in [0, 0.05) is 0 Å². The van der Waals surface area contributed by atoms with Crippen LogP contribution in [0.4, 0.5) is 0 Å². The number of nitrogens with zero attached hydrogens (tertiary/aromatic N) is 1. The molecule has 3 nitrogen and oxygen atoms in total. The minimum atomic E-state index is -0.512. The molecule has 0 radical (unpaired) electrons. The maximum Gasteiger partial charge on any atom is 0.349 e. The summed E-state index contributed by atoms with van der Waals surface area (Å²) in [5.74, 6) is -0.512. The molecule has 0 N–H and O–H groups in total. The van der Waals surface area contributed by atoms with Crippen LogP contribution in [0.2, 0.25) is 0 Å². The fourth-order valence-electron chi connectivity index (χ4n) is 2.13. The van der Waals surface area contributed by atoms with Gasteiger partial charge in [-0.3, -0.25) is 0 Å². The van der Waals surface area contributed by atoms with Crippen molar-refractivity contribution in [2.75, 3.05) is 6.61 Å². The first kappa shape index (κ1) is 11.4. The topological polar surface area (TPSA) is 50.1 Å². The molecule has 0 amide bonds. The van der Waals surface area contributed by atoms with Crippen molar-refractivity contribution in [3.05, 3.63) is 41.0 Å². The molecule has 1 aliphatic rings. The predicted octanol–water partition coefficient (Wildman–Crippen LogP) is 2.47. The van der Waals surface area contributed by atoms with Crippen molar-refractivity contribution in [1.82, 2.24) is 0 Å². The Morgan fingerprint density at radius 2 is 2.18 bits per heavy atom. The van der Waals surface area contributed by atoms with Gasteiger partial charge in [0.1, 0.15) is 11.6 Å². The van der Waals surface area contributed by atoms with E-state index < -0.39 is 5.97 Å². The van der Waals surface area contributed by atoms with Crippen molar-refractivity contribution in [3.8, 4) is 6.07 Å². The highest BCUT2D eigenvalue weighted by Gasteiger charge is 2.23. The highest BCUT2D eigenvalue weighted by Crippen LogP contribution is 2.34. The first-order chi connectivity index (χ1) is 8.27. The Balaban J connectivity index is 2.46. The van der Waals surface area contributed by atoms with Gasteiger partial charge in [-0.05, 0) is 36.5 Å². The van der Waals surface area contributed by atoms with E-state index in [1.807, 2.05) is 30.3 Å². The third-order valence-electron chi connectivity index (χ3n) is 2.88. The van der Waals surface area contributed by atoms with Crippen LogP contribution in [0.25, 0.3) is 5.57 Å². The van der Waals surface area contributed by atoms with Crippen molar-refractivity contribution < 1.29 is 9.53 Å². The summed E-state index contributed by atoms with van der Waals surface area (Å²) < 4.78 is 4.90. The van der Waals surface area contributed by atoms with Gasteiger partial charge in [0.25, 0.3) is 0 Å². The summed E-state index contributed by atoms with van der Waals surface area (Å²) in [5.41, 5.74) is 3.18. The van der Waals surface area contributed by atoms with Crippen LogP contribution in [0.15, 0.2) is 29.8 Å². The standard InChI is InChI=1S/C14H13NO2/c1-2-17-14(16)13(9-15)12-8-7-10-5-3-4-6-11(10)12/h3-6H,2,7-8H2,1H3/b13-12+. The average molecular weight is 227 g/mol. The lowest BCUT2D eigenvalue weighted by molar-refractivity contribution is -0.137. The molecule has 1 aromatic rings. The Kier molecular flexibility index (Phi) is 3.24. The SMILES string of the molecule is CCOC(=O)/C(C#N)=C1\CCc2ccccc21. The van der Waals surface area contributed by atoms with E-state index in [9.17, 15) is 4.79 Å². The lowest BCUT2D eigenvalue weighted by Gasteiger charge is -2.04. The number of aryl methyl sites for hydroxylation is 1. The van der Waals surface area contributed by atoms with Crippen LogP contribution in [0.1, 0.15) is 24.5 Å².